The van der Waals surface area contributed by atoms with E-state index in [4.69, 9.17) is 10.0 Å². The molecule has 6 heteroatoms. The van der Waals surface area contributed by atoms with Gasteiger partial charge in [-0.3, -0.25) is 0 Å². The zero-order chi connectivity index (χ0) is 12.4. The van der Waals surface area contributed by atoms with E-state index in [-0.39, 0.29) is 5.46 Å². The van der Waals surface area contributed by atoms with Crippen LogP contribution in [0.1, 0.15) is 19.8 Å². The molecule has 0 spiro atoms. The van der Waals surface area contributed by atoms with Crippen LogP contribution in [-0.2, 0) is 6.54 Å². The molecule has 0 unspecified atom stereocenters. The molecule has 0 bridgehead atoms. The van der Waals surface area contributed by atoms with Crippen LogP contribution in [0.15, 0.2) is 18.5 Å². The van der Waals surface area contributed by atoms with Crippen molar-refractivity contribution >= 4 is 23.6 Å². The maximum absolute atomic E-state index is 13.6. The molecule has 2 rings (SSSR count). The fourth-order valence-corrected chi connectivity index (χ4v) is 1.80. The highest BCUT2D eigenvalue weighted by Crippen LogP contribution is 2.14. The Labute approximate surface area is 98.9 Å². The monoisotopic (exact) mass is 236 g/mol. The van der Waals surface area contributed by atoms with E-state index >= 15 is 0 Å². The van der Waals surface area contributed by atoms with Crippen LogP contribution in [0.3, 0.4) is 0 Å². The average molecular weight is 236 g/mol. The Morgan fingerprint density at radius 2 is 2.18 bits per heavy atom. The molecule has 4 nitrogen and oxygen atoms in total. The van der Waals surface area contributed by atoms with Crippen LogP contribution in [0.25, 0.3) is 11.0 Å². The van der Waals surface area contributed by atoms with Gasteiger partial charge in [0.2, 0.25) is 0 Å². The standard InChI is InChI=1S/C11H14BFN2O2/c1-2-3-4-15-7-14-10-5-8(12(16)17)9(13)6-11(10)15/h5-7,16-17H,2-4H2,1H3. The number of nitrogens with zero attached hydrogens (tertiary/aromatic N) is 2. The summed E-state index contributed by atoms with van der Waals surface area (Å²) in [7, 11) is -1.81. The van der Waals surface area contributed by atoms with Crippen LogP contribution in [0, 0.1) is 5.82 Å². The van der Waals surface area contributed by atoms with Crippen molar-refractivity contribution in [2.75, 3.05) is 0 Å². The minimum Gasteiger partial charge on any atom is -0.423 e. The molecule has 17 heavy (non-hydrogen) atoms. The number of hydrogen-bond donors (Lipinski definition) is 2. The molecule has 0 amide bonds. The molecule has 0 atom stereocenters. The van der Waals surface area contributed by atoms with Crippen molar-refractivity contribution < 1.29 is 14.4 Å². The number of unbranched alkanes of at least 4 members (excludes halogenated alkanes) is 1. The molecule has 1 aromatic heterocycles. The van der Waals surface area contributed by atoms with Crippen molar-refractivity contribution in [2.45, 2.75) is 26.3 Å². The molecule has 0 aliphatic rings. The summed E-state index contributed by atoms with van der Waals surface area (Å²) < 4.78 is 15.5. The summed E-state index contributed by atoms with van der Waals surface area (Å²) >= 11 is 0. The fraction of sp³-hybridized carbons (Fsp3) is 0.364. The Morgan fingerprint density at radius 3 is 2.82 bits per heavy atom. The van der Waals surface area contributed by atoms with E-state index in [9.17, 15) is 4.39 Å². The van der Waals surface area contributed by atoms with Gasteiger partial charge in [-0.05, 0) is 18.6 Å². The van der Waals surface area contributed by atoms with Crippen molar-refractivity contribution in [2.24, 2.45) is 0 Å². The van der Waals surface area contributed by atoms with Crippen molar-refractivity contribution in [3.05, 3.63) is 24.3 Å². The summed E-state index contributed by atoms with van der Waals surface area (Å²) in [5.74, 6) is -0.620. The Bertz CT molecular complexity index is 527. The van der Waals surface area contributed by atoms with Gasteiger partial charge in [-0.1, -0.05) is 13.3 Å². The maximum Gasteiger partial charge on any atom is 0.491 e. The number of aryl methyl sites for hydroxylation is 1. The van der Waals surface area contributed by atoms with Gasteiger partial charge in [-0.25, -0.2) is 9.37 Å². The van der Waals surface area contributed by atoms with E-state index in [1.54, 1.807) is 6.33 Å². The van der Waals surface area contributed by atoms with E-state index in [0.29, 0.717) is 11.0 Å². The first kappa shape index (κ1) is 12.1. The highest BCUT2D eigenvalue weighted by molar-refractivity contribution is 6.59. The van der Waals surface area contributed by atoms with E-state index in [2.05, 4.69) is 11.9 Å². The minimum atomic E-state index is -1.81. The van der Waals surface area contributed by atoms with Gasteiger partial charge in [0.15, 0.2) is 0 Å². The van der Waals surface area contributed by atoms with Crippen molar-refractivity contribution in [3.8, 4) is 0 Å². The van der Waals surface area contributed by atoms with Crippen LogP contribution >= 0.6 is 0 Å². The molecular weight excluding hydrogens is 222 g/mol. The second-order valence-electron chi connectivity index (χ2n) is 4.03. The second kappa shape index (κ2) is 4.85. The molecule has 0 aliphatic carbocycles. The molecule has 0 saturated carbocycles. The average Bonchev–Trinajstić information content (AvgIpc) is 2.67. The number of aromatic nitrogens is 2. The number of halogens is 1. The first-order valence-corrected chi connectivity index (χ1v) is 5.64. The van der Waals surface area contributed by atoms with Crippen LogP contribution in [-0.4, -0.2) is 26.7 Å². The lowest BCUT2D eigenvalue weighted by atomic mass is 9.79. The summed E-state index contributed by atoms with van der Waals surface area (Å²) in [5, 5.41) is 18.0. The molecule has 0 saturated heterocycles. The molecule has 2 aromatic rings. The Kier molecular flexibility index (Phi) is 3.45. The van der Waals surface area contributed by atoms with Crippen LogP contribution in [0.2, 0.25) is 0 Å². The molecule has 2 N–H and O–H groups in total. The topological polar surface area (TPSA) is 58.3 Å². The van der Waals surface area contributed by atoms with E-state index in [1.807, 2.05) is 4.57 Å². The second-order valence-corrected chi connectivity index (χ2v) is 4.03. The Balaban J connectivity index is 2.45. The quantitative estimate of drug-likeness (QED) is 0.766. The summed E-state index contributed by atoms with van der Waals surface area (Å²) in [6.45, 7) is 2.87. The molecule has 0 radical (unpaired) electrons. The lowest BCUT2D eigenvalue weighted by Gasteiger charge is -2.05. The van der Waals surface area contributed by atoms with Gasteiger partial charge in [-0.15, -0.1) is 0 Å². The third kappa shape index (κ3) is 2.32. The van der Waals surface area contributed by atoms with E-state index in [1.165, 1.54) is 12.1 Å². The SMILES string of the molecule is CCCCn1cnc2cc(B(O)O)c(F)cc21. The highest BCUT2D eigenvalue weighted by atomic mass is 19.1. The smallest absolute Gasteiger partial charge is 0.423 e. The van der Waals surface area contributed by atoms with Crippen molar-refractivity contribution in [3.63, 3.8) is 0 Å². The normalized spacial score (nSPS) is 11.1. The maximum atomic E-state index is 13.6. The van der Waals surface area contributed by atoms with Gasteiger partial charge < -0.3 is 14.6 Å². The first-order valence-electron chi connectivity index (χ1n) is 5.64. The van der Waals surface area contributed by atoms with Gasteiger partial charge in [-0.2, -0.15) is 0 Å². The van der Waals surface area contributed by atoms with E-state index < -0.39 is 12.9 Å². The lowest BCUT2D eigenvalue weighted by Crippen LogP contribution is -2.32. The zero-order valence-electron chi connectivity index (χ0n) is 9.60. The Hall–Kier alpha value is -1.40. The predicted octanol–water partition coefficient (Wildman–Crippen LogP) is 0.655. The lowest BCUT2D eigenvalue weighted by molar-refractivity contribution is 0.423. The molecule has 90 valence electrons. The molecular formula is C11H14BFN2O2. The van der Waals surface area contributed by atoms with Crippen molar-refractivity contribution in [1.29, 1.82) is 0 Å². The summed E-state index contributed by atoms with van der Waals surface area (Å²) in [5.41, 5.74) is 1.11. The van der Waals surface area contributed by atoms with Crippen LogP contribution < -0.4 is 5.46 Å². The summed E-state index contributed by atoms with van der Waals surface area (Å²) in [6, 6.07) is 2.67. The number of imidazole rings is 1. The number of benzene rings is 1. The largest absolute Gasteiger partial charge is 0.491 e. The van der Waals surface area contributed by atoms with E-state index in [0.717, 1.165) is 19.4 Å². The van der Waals surface area contributed by atoms with Gasteiger partial charge in [0, 0.05) is 12.0 Å². The van der Waals surface area contributed by atoms with Crippen LogP contribution in [0.4, 0.5) is 4.39 Å². The minimum absolute atomic E-state index is 0.141. The highest BCUT2D eigenvalue weighted by Gasteiger charge is 2.18. The summed E-state index contributed by atoms with van der Waals surface area (Å²) in [6.07, 6.45) is 3.69. The van der Waals surface area contributed by atoms with Crippen molar-refractivity contribution in [1.82, 2.24) is 9.55 Å². The third-order valence-electron chi connectivity index (χ3n) is 2.77. The van der Waals surface area contributed by atoms with Gasteiger partial charge in [0.1, 0.15) is 5.82 Å². The van der Waals surface area contributed by atoms with Gasteiger partial charge in [0.25, 0.3) is 0 Å². The number of fused-ring (bicyclic) bond motifs is 1. The van der Waals surface area contributed by atoms with Gasteiger partial charge >= 0.3 is 7.12 Å². The number of hydrogen-bond acceptors (Lipinski definition) is 3. The number of rotatable bonds is 4. The Morgan fingerprint density at radius 1 is 1.41 bits per heavy atom. The predicted molar refractivity (Wildman–Crippen MR) is 64.4 cm³/mol. The molecule has 1 heterocycles. The first-order chi connectivity index (χ1) is 8.13. The fourth-order valence-electron chi connectivity index (χ4n) is 1.80. The van der Waals surface area contributed by atoms with Gasteiger partial charge in [0.05, 0.1) is 17.4 Å². The zero-order valence-corrected chi connectivity index (χ0v) is 9.60. The third-order valence-corrected chi connectivity index (χ3v) is 2.77. The molecule has 1 aromatic carbocycles. The van der Waals surface area contributed by atoms with Crippen LogP contribution in [0.5, 0.6) is 0 Å². The summed E-state index contributed by atoms with van der Waals surface area (Å²) in [4.78, 5) is 4.13. The molecule has 0 fully saturated rings. The molecule has 0 aliphatic heterocycles.